The van der Waals surface area contributed by atoms with E-state index in [1.165, 1.54) is 138 Å². The molecular formula is C38H58. The molecule has 2 aliphatic rings. The summed E-state index contributed by atoms with van der Waals surface area (Å²) in [6, 6.07) is 14.7. The van der Waals surface area contributed by atoms with Crippen LogP contribution in [0.2, 0.25) is 0 Å². The number of benzene rings is 2. The van der Waals surface area contributed by atoms with Crippen LogP contribution in [-0.4, -0.2) is 0 Å². The Balaban J connectivity index is 1.27. The minimum Gasteiger partial charge on any atom is -0.0654 e. The van der Waals surface area contributed by atoms with Gasteiger partial charge in [-0.05, 0) is 122 Å². The van der Waals surface area contributed by atoms with Crippen molar-refractivity contribution in [2.24, 2.45) is 11.8 Å². The van der Waals surface area contributed by atoms with E-state index in [2.05, 4.69) is 64.1 Å². The molecule has 0 heterocycles. The third kappa shape index (κ3) is 8.22. The van der Waals surface area contributed by atoms with Crippen molar-refractivity contribution in [3.05, 3.63) is 58.7 Å². The van der Waals surface area contributed by atoms with Gasteiger partial charge in [-0.3, -0.25) is 0 Å². The maximum absolute atomic E-state index is 2.48. The number of unbranched alkanes of at least 4 members (excludes halogenated alkanes) is 6. The molecule has 0 bridgehead atoms. The fourth-order valence-corrected chi connectivity index (χ4v) is 7.95. The summed E-state index contributed by atoms with van der Waals surface area (Å²) in [4.78, 5) is 0. The Bertz CT molecular complexity index is 952. The summed E-state index contributed by atoms with van der Waals surface area (Å²) in [6.07, 6.45) is 25.7. The van der Waals surface area contributed by atoms with Crippen molar-refractivity contribution >= 4 is 0 Å². The maximum Gasteiger partial charge on any atom is -0.0159 e. The van der Waals surface area contributed by atoms with Crippen molar-refractivity contribution in [1.82, 2.24) is 0 Å². The van der Waals surface area contributed by atoms with Gasteiger partial charge in [-0.15, -0.1) is 0 Å². The van der Waals surface area contributed by atoms with Gasteiger partial charge >= 0.3 is 0 Å². The minimum absolute atomic E-state index is 0.779. The van der Waals surface area contributed by atoms with Crippen LogP contribution in [0, 0.1) is 25.7 Å². The molecule has 2 aromatic carbocycles. The summed E-state index contributed by atoms with van der Waals surface area (Å²) < 4.78 is 0. The number of rotatable bonds is 13. The third-order valence-corrected chi connectivity index (χ3v) is 10.4. The van der Waals surface area contributed by atoms with Crippen LogP contribution in [0.5, 0.6) is 0 Å². The second-order valence-electron chi connectivity index (χ2n) is 13.3. The second kappa shape index (κ2) is 15.3. The predicted molar refractivity (Wildman–Crippen MR) is 168 cm³/mol. The van der Waals surface area contributed by atoms with Crippen LogP contribution in [0.25, 0.3) is 11.1 Å². The van der Waals surface area contributed by atoms with Gasteiger partial charge in [0.05, 0.1) is 0 Å². The Morgan fingerprint density at radius 2 is 0.947 bits per heavy atom. The average Bonchev–Trinajstić information content (AvgIpc) is 2.94. The Kier molecular flexibility index (Phi) is 11.8. The average molecular weight is 515 g/mol. The van der Waals surface area contributed by atoms with Crippen molar-refractivity contribution in [1.29, 1.82) is 0 Å². The maximum atomic E-state index is 2.48. The zero-order valence-corrected chi connectivity index (χ0v) is 25.5. The van der Waals surface area contributed by atoms with Gasteiger partial charge in [0.1, 0.15) is 0 Å². The van der Waals surface area contributed by atoms with Crippen LogP contribution in [-0.2, 0) is 0 Å². The lowest BCUT2D eigenvalue weighted by Crippen LogP contribution is -2.14. The zero-order valence-electron chi connectivity index (χ0n) is 25.5. The SMILES string of the molecule is CCCCCCCCCC1CCC(c2ccc(-c3ccc(C4CCC(CCC)CC4)c(C)c3)cc2C)CC1. The van der Waals surface area contributed by atoms with Gasteiger partial charge in [-0.2, -0.15) is 0 Å². The van der Waals surface area contributed by atoms with E-state index >= 15 is 0 Å². The van der Waals surface area contributed by atoms with Gasteiger partial charge in [0.2, 0.25) is 0 Å². The molecule has 2 aromatic rings. The highest BCUT2D eigenvalue weighted by molar-refractivity contribution is 5.66. The summed E-state index contributed by atoms with van der Waals surface area (Å²) >= 11 is 0. The van der Waals surface area contributed by atoms with Crippen LogP contribution < -0.4 is 0 Å². The quantitative estimate of drug-likeness (QED) is 0.233. The largest absolute Gasteiger partial charge is 0.0654 e. The molecule has 210 valence electrons. The third-order valence-electron chi connectivity index (χ3n) is 10.4. The van der Waals surface area contributed by atoms with Gasteiger partial charge in [0.25, 0.3) is 0 Å². The molecule has 38 heavy (non-hydrogen) atoms. The standard InChI is InChI=1S/C38H58/c1-5-7-8-9-10-11-12-14-32-17-21-34(22-18-32)38-26-24-36(28-30(38)4)35-23-25-37(29(3)27-35)33-19-15-31(13-6-2)16-20-33/h23-28,31-34H,5-22H2,1-4H3. The molecule has 0 atom stereocenters. The normalized spacial score (nSPS) is 24.0. The number of hydrogen-bond donors (Lipinski definition) is 0. The minimum atomic E-state index is 0.779. The summed E-state index contributed by atoms with van der Waals surface area (Å²) in [6.45, 7) is 9.36. The van der Waals surface area contributed by atoms with Crippen molar-refractivity contribution in [2.45, 2.75) is 155 Å². The molecule has 4 rings (SSSR count). The first-order chi connectivity index (χ1) is 18.6. The fourth-order valence-electron chi connectivity index (χ4n) is 7.95. The summed E-state index contributed by atoms with van der Waals surface area (Å²) in [7, 11) is 0. The molecule has 2 saturated carbocycles. The van der Waals surface area contributed by atoms with E-state index in [9.17, 15) is 0 Å². The van der Waals surface area contributed by atoms with Crippen LogP contribution >= 0.6 is 0 Å². The molecule has 0 aliphatic heterocycles. The zero-order chi connectivity index (χ0) is 26.7. The van der Waals surface area contributed by atoms with Crippen molar-refractivity contribution < 1.29 is 0 Å². The second-order valence-corrected chi connectivity index (χ2v) is 13.3. The molecule has 2 fully saturated rings. The Hall–Kier alpha value is -1.56. The van der Waals surface area contributed by atoms with E-state index in [4.69, 9.17) is 0 Å². The lowest BCUT2D eigenvalue weighted by atomic mass is 9.75. The molecule has 2 aliphatic carbocycles. The molecule has 0 aromatic heterocycles. The van der Waals surface area contributed by atoms with E-state index in [-0.39, 0.29) is 0 Å². The Morgan fingerprint density at radius 1 is 0.500 bits per heavy atom. The molecule has 0 amide bonds. The van der Waals surface area contributed by atoms with Gasteiger partial charge in [-0.1, -0.05) is 114 Å². The van der Waals surface area contributed by atoms with Gasteiger partial charge in [-0.25, -0.2) is 0 Å². The summed E-state index contributed by atoms with van der Waals surface area (Å²) in [5, 5.41) is 0. The van der Waals surface area contributed by atoms with E-state index < -0.39 is 0 Å². The van der Waals surface area contributed by atoms with E-state index in [1.54, 1.807) is 11.1 Å². The van der Waals surface area contributed by atoms with Gasteiger partial charge in [0, 0.05) is 0 Å². The van der Waals surface area contributed by atoms with E-state index in [0.29, 0.717) is 0 Å². The predicted octanol–water partition coefficient (Wildman–Crippen LogP) is 12.5. The van der Waals surface area contributed by atoms with Crippen LogP contribution in [0.3, 0.4) is 0 Å². The van der Waals surface area contributed by atoms with Crippen molar-refractivity contribution in [3.63, 3.8) is 0 Å². The fraction of sp³-hybridized carbons (Fsp3) is 0.684. The van der Waals surface area contributed by atoms with Gasteiger partial charge < -0.3 is 0 Å². The first-order valence-corrected chi connectivity index (χ1v) is 16.8. The molecule has 0 radical (unpaired) electrons. The van der Waals surface area contributed by atoms with E-state index in [0.717, 1.165) is 23.7 Å². The topological polar surface area (TPSA) is 0 Å². The molecule has 0 nitrogen and oxygen atoms in total. The van der Waals surface area contributed by atoms with E-state index in [1.807, 2.05) is 0 Å². The highest BCUT2D eigenvalue weighted by atomic mass is 14.3. The smallest absolute Gasteiger partial charge is 0.0159 e. The van der Waals surface area contributed by atoms with Crippen LogP contribution in [0.4, 0.5) is 0 Å². The lowest BCUT2D eigenvalue weighted by molar-refractivity contribution is 0.301. The first-order valence-electron chi connectivity index (χ1n) is 16.8. The number of aryl methyl sites for hydroxylation is 2. The highest BCUT2D eigenvalue weighted by Gasteiger charge is 2.24. The summed E-state index contributed by atoms with van der Waals surface area (Å²) in [5.74, 6) is 3.53. The molecular weight excluding hydrogens is 456 g/mol. The summed E-state index contributed by atoms with van der Waals surface area (Å²) in [5.41, 5.74) is 9.06. The Morgan fingerprint density at radius 3 is 1.39 bits per heavy atom. The lowest BCUT2D eigenvalue weighted by Gasteiger charge is -2.30. The highest BCUT2D eigenvalue weighted by Crippen LogP contribution is 2.41. The molecule has 0 unspecified atom stereocenters. The Labute approximate surface area is 236 Å². The molecule has 0 N–H and O–H groups in total. The van der Waals surface area contributed by atoms with Crippen LogP contribution in [0.15, 0.2) is 36.4 Å². The molecule has 0 heteroatoms. The first kappa shape index (κ1) is 29.4. The monoisotopic (exact) mass is 514 g/mol. The van der Waals surface area contributed by atoms with Gasteiger partial charge in [0.15, 0.2) is 0 Å². The number of hydrogen-bond acceptors (Lipinski definition) is 0. The van der Waals surface area contributed by atoms with Crippen LogP contribution in [0.1, 0.15) is 164 Å². The van der Waals surface area contributed by atoms with Crippen molar-refractivity contribution in [3.8, 4) is 11.1 Å². The molecule has 0 spiro atoms. The van der Waals surface area contributed by atoms with Crippen molar-refractivity contribution in [2.75, 3.05) is 0 Å². The molecule has 0 saturated heterocycles.